The fourth-order valence-electron chi connectivity index (χ4n) is 5.57. The number of dihydropyridines is 1. The van der Waals surface area contributed by atoms with Crippen LogP contribution in [-0.4, -0.2) is 76.9 Å². The molecule has 4 rings (SSSR count). The van der Waals surface area contributed by atoms with E-state index in [1.807, 2.05) is 24.3 Å². The Hall–Kier alpha value is -4.10. The second-order valence-electron chi connectivity index (χ2n) is 10.2. The van der Waals surface area contributed by atoms with E-state index >= 15 is 0 Å². The van der Waals surface area contributed by atoms with Crippen LogP contribution >= 0.6 is 0 Å². The van der Waals surface area contributed by atoms with Crippen LogP contribution in [-0.2, 0) is 19.4 Å². The molecule has 3 N–H and O–H groups in total. The van der Waals surface area contributed by atoms with Gasteiger partial charge in [-0.25, -0.2) is 13.2 Å². The second-order valence-corrected chi connectivity index (χ2v) is 12.3. The van der Waals surface area contributed by atoms with E-state index in [0.717, 1.165) is 51.3 Å². The monoisotopic (exact) mass is 599 g/mol. The van der Waals surface area contributed by atoms with Crippen LogP contribution in [0.3, 0.4) is 0 Å². The maximum Gasteiger partial charge on any atom is 0.338 e. The van der Waals surface area contributed by atoms with E-state index in [4.69, 9.17) is 15.2 Å². The molecule has 42 heavy (non-hydrogen) atoms. The Morgan fingerprint density at radius 2 is 1.74 bits per heavy atom. The number of unbranched alkanes of at least 4 members (excludes halogenated alkanes) is 1. The van der Waals surface area contributed by atoms with Gasteiger partial charge in [0.2, 0.25) is 0 Å². The van der Waals surface area contributed by atoms with E-state index in [1.165, 1.54) is 19.1 Å². The van der Waals surface area contributed by atoms with E-state index in [0.29, 0.717) is 12.8 Å². The average Bonchev–Trinajstić information content (AvgIpc) is 2.98. The van der Waals surface area contributed by atoms with Gasteiger partial charge in [-0.2, -0.15) is 0 Å². The molecule has 2 heterocycles. The summed E-state index contributed by atoms with van der Waals surface area (Å²) in [5.74, 6) is -1.62. The first-order valence-corrected chi connectivity index (χ1v) is 15.4. The van der Waals surface area contributed by atoms with Gasteiger partial charge in [0, 0.05) is 26.2 Å². The topological polar surface area (TPSA) is 157 Å². The highest BCUT2D eigenvalue weighted by molar-refractivity contribution is 7.91. The maximum atomic E-state index is 13.6. The number of nitro groups is 1. The van der Waals surface area contributed by atoms with Crippen molar-refractivity contribution in [2.45, 2.75) is 30.6 Å². The van der Waals surface area contributed by atoms with Crippen molar-refractivity contribution < 1.29 is 27.6 Å². The van der Waals surface area contributed by atoms with Gasteiger partial charge in [0.1, 0.15) is 17.5 Å². The summed E-state index contributed by atoms with van der Waals surface area (Å²) < 4.78 is 37.5. The van der Waals surface area contributed by atoms with Crippen molar-refractivity contribution in [2.24, 2.45) is 5.73 Å². The number of sulfone groups is 1. The number of rotatable bonds is 11. The lowest BCUT2D eigenvalue weighted by atomic mass is 9.85. The number of allylic oxidation sites excluding steroid dienone is 2. The number of piperazine rings is 1. The minimum Gasteiger partial charge on any atom is -0.495 e. The van der Waals surface area contributed by atoms with Crippen LogP contribution in [0.15, 0.2) is 76.2 Å². The highest BCUT2D eigenvalue weighted by Crippen LogP contribution is 2.40. The molecule has 1 unspecified atom stereocenters. The van der Waals surface area contributed by atoms with Gasteiger partial charge < -0.3 is 25.4 Å². The Balaban J connectivity index is 1.44. The molecule has 13 heteroatoms. The summed E-state index contributed by atoms with van der Waals surface area (Å²) in [7, 11) is -1.06. The Labute approximate surface area is 245 Å². The molecule has 1 saturated heterocycles. The third-order valence-corrected chi connectivity index (χ3v) is 9.53. The third kappa shape index (κ3) is 6.52. The molecule has 0 aliphatic carbocycles. The molecular weight excluding hydrogens is 562 g/mol. The SMILES string of the molecule is COC(=O)C1=C(N)NC(C)=C([N+](=O)[O-])C1c1ccccc1S(=O)(=O)CCCCN1CCN(c2ccccc2OC)CC1. The van der Waals surface area contributed by atoms with Crippen LogP contribution in [0.1, 0.15) is 31.2 Å². The minimum absolute atomic E-state index is 0.0660. The first-order valence-electron chi connectivity index (χ1n) is 13.7. The molecular formula is C29H37N5O7S. The number of nitrogens with two attached hydrogens (primary N) is 1. The van der Waals surface area contributed by atoms with Crippen molar-refractivity contribution in [1.29, 1.82) is 0 Å². The van der Waals surface area contributed by atoms with Gasteiger partial charge in [0.05, 0.1) is 46.7 Å². The van der Waals surface area contributed by atoms with Gasteiger partial charge in [-0.3, -0.25) is 15.0 Å². The van der Waals surface area contributed by atoms with Crippen molar-refractivity contribution in [3.8, 4) is 5.75 Å². The maximum absolute atomic E-state index is 13.6. The molecule has 0 aromatic heterocycles. The number of benzene rings is 2. The van der Waals surface area contributed by atoms with Crippen LogP contribution in [0.2, 0.25) is 0 Å². The lowest BCUT2D eigenvalue weighted by molar-refractivity contribution is -0.431. The Bertz CT molecular complexity index is 1500. The van der Waals surface area contributed by atoms with Crippen molar-refractivity contribution in [3.63, 3.8) is 0 Å². The van der Waals surface area contributed by atoms with Crippen LogP contribution in [0, 0.1) is 10.1 Å². The molecule has 1 atom stereocenters. The largest absolute Gasteiger partial charge is 0.495 e. The number of carbonyl (C=O) groups excluding carboxylic acids is 1. The molecule has 2 aromatic carbocycles. The second kappa shape index (κ2) is 13.3. The fourth-order valence-corrected chi connectivity index (χ4v) is 7.20. The summed E-state index contributed by atoms with van der Waals surface area (Å²) in [6, 6.07) is 14.0. The molecule has 0 amide bonds. The van der Waals surface area contributed by atoms with Crippen molar-refractivity contribution in [1.82, 2.24) is 10.2 Å². The lowest BCUT2D eigenvalue weighted by Gasteiger charge is -2.36. The van der Waals surface area contributed by atoms with Gasteiger partial charge >= 0.3 is 5.97 Å². The zero-order chi connectivity index (χ0) is 30.4. The lowest BCUT2D eigenvalue weighted by Crippen LogP contribution is -2.46. The van der Waals surface area contributed by atoms with Crippen molar-refractivity contribution in [3.05, 3.63) is 87.0 Å². The molecule has 2 aliphatic rings. The number of nitrogens with zero attached hydrogens (tertiary/aromatic N) is 3. The highest BCUT2D eigenvalue weighted by Gasteiger charge is 2.43. The van der Waals surface area contributed by atoms with Gasteiger partial charge in [-0.05, 0) is 50.1 Å². The first-order chi connectivity index (χ1) is 20.1. The van der Waals surface area contributed by atoms with E-state index in [1.54, 1.807) is 19.2 Å². The number of nitrogens with one attached hydrogen (secondary N) is 1. The standard InChI is InChI=1S/C29H37N5O7S/c1-20-27(34(36)37)25(26(28(30)31-20)29(35)41-3)21-10-4-7-13-24(21)42(38,39)19-9-8-14-32-15-17-33(18-16-32)22-11-5-6-12-23(22)40-2/h4-7,10-13,25,31H,8-9,14-19,30H2,1-3H3. The predicted molar refractivity (Wildman–Crippen MR) is 158 cm³/mol. The van der Waals surface area contributed by atoms with Crippen LogP contribution in [0.25, 0.3) is 0 Å². The summed E-state index contributed by atoms with van der Waals surface area (Å²) in [6.45, 7) is 5.59. The first kappa shape index (κ1) is 30.8. The zero-order valence-corrected chi connectivity index (χ0v) is 24.9. The fraction of sp³-hybridized carbons (Fsp3) is 0.414. The number of para-hydroxylation sites is 2. The van der Waals surface area contributed by atoms with Gasteiger partial charge in [0.25, 0.3) is 5.70 Å². The van der Waals surface area contributed by atoms with Gasteiger partial charge in [-0.15, -0.1) is 0 Å². The summed E-state index contributed by atoms with van der Waals surface area (Å²) in [5.41, 5.74) is 6.80. The highest BCUT2D eigenvalue weighted by atomic mass is 32.2. The van der Waals surface area contributed by atoms with Crippen molar-refractivity contribution in [2.75, 3.05) is 57.6 Å². The van der Waals surface area contributed by atoms with E-state index in [-0.39, 0.29) is 39.0 Å². The van der Waals surface area contributed by atoms with E-state index in [9.17, 15) is 23.3 Å². The van der Waals surface area contributed by atoms with Gasteiger partial charge in [0.15, 0.2) is 9.84 Å². The average molecular weight is 600 g/mol. The molecule has 0 radical (unpaired) electrons. The molecule has 2 aromatic rings. The minimum atomic E-state index is -3.86. The van der Waals surface area contributed by atoms with Crippen molar-refractivity contribution >= 4 is 21.5 Å². The third-order valence-electron chi connectivity index (χ3n) is 7.66. The number of ether oxygens (including phenoxy) is 2. The Kier molecular flexibility index (Phi) is 9.74. The smallest absolute Gasteiger partial charge is 0.338 e. The summed E-state index contributed by atoms with van der Waals surface area (Å²) in [4.78, 5) is 28.7. The molecule has 0 spiro atoms. The Morgan fingerprint density at radius 1 is 1.07 bits per heavy atom. The van der Waals surface area contributed by atoms with E-state index in [2.05, 4.69) is 15.1 Å². The zero-order valence-electron chi connectivity index (χ0n) is 24.0. The van der Waals surface area contributed by atoms with Gasteiger partial charge in [-0.1, -0.05) is 30.3 Å². The number of methoxy groups -OCH3 is 2. The molecule has 0 saturated carbocycles. The van der Waals surface area contributed by atoms with E-state index < -0.39 is 26.6 Å². The summed E-state index contributed by atoms with van der Waals surface area (Å²) >= 11 is 0. The van der Waals surface area contributed by atoms with Crippen LogP contribution in [0.5, 0.6) is 5.75 Å². The molecule has 12 nitrogen and oxygen atoms in total. The summed E-state index contributed by atoms with van der Waals surface area (Å²) in [5, 5.41) is 14.8. The molecule has 226 valence electrons. The predicted octanol–water partition coefficient (Wildman–Crippen LogP) is 2.61. The number of carbonyl (C=O) groups is 1. The normalized spacial score (nSPS) is 18.1. The molecule has 2 aliphatic heterocycles. The summed E-state index contributed by atoms with van der Waals surface area (Å²) in [6.07, 6.45) is 1.08. The molecule has 1 fully saturated rings. The molecule has 0 bridgehead atoms. The number of esters is 1. The Morgan fingerprint density at radius 3 is 2.40 bits per heavy atom. The quantitative estimate of drug-likeness (QED) is 0.169. The van der Waals surface area contributed by atoms with Crippen LogP contribution < -0.4 is 20.7 Å². The number of hydrogen-bond acceptors (Lipinski definition) is 11. The number of anilines is 1. The van der Waals surface area contributed by atoms with Crippen LogP contribution in [0.4, 0.5) is 5.69 Å². The number of hydrogen-bond donors (Lipinski definition) is 2.